The van der Waals surface area contributed by atoms with Crippen molar-refractivity contribution in [3.8, 4) is 5.75 Å². The van der Waals surface area contributed by atoms with Crippen LogP contribution >= 0.6 is 11.6 Å². The molecule has 0 aromatic heterocycles. The van der Waals surface area contributed by atoms with Crippen LogP contribution in [0.4, 0.5) is 10.5 Å². The van der Waals surface area contributed by atoms with Crippen LogP contribution in [0.25, 0.3) is 0 Å². The number of benzene rings is 1. The fraction of sp³-hybridized carbons (Fsp3) is 0.222. The zero-order chi connectivity index (χ0) is 9.84. The van der Waals surface area contributed by atoms with Crippen molar-refractivity contribution >= 4 is 22.7 Å². The molecule has 0 aliphatic heterocycles. The number of methoxy groups -OCH3 is 1. The summed E-state index contributed by atoms with van der Waals surface area (Å²) in [5.74, 6) is 0.785. The Hall–Kier alpha value is -1.22. The van der Waals surface area contributed by atoms with E-state index in [-0.39, 0.29) is 0 Å². The van der Waals surface area contributed by atoms with E-state index in [1.54, 1.807) is 25.3 Å². The molecule has 0 atom stereocenters. The normalized spacial score (nSPS) is 9.46. The van der Waals surface area contributed by atoms with Crippen molar-refractivity contribution in [2.45, 2.75) is 6.92 Å². The number of hydrogen-bond acceptors (Lipinski definition) is 2. The van der Waals surface area contributed by atoms with Gasteiger partial charge in [-0.1, -0.05) is 0 Å². The topological polar surface area (TPSA) is 38.3 Å². The highest BCUT2D eigenvalue weighted by Crippen LogP contribution is 2.21. The first-order valence-corrected chi connectivity index (χ1v) is 4.12. The molecule has 4 heteroatoms. The van der Waals surface area contributed by atoms with Crippen LogP contribution in [0.1, 0.15) is 5.56 Å². The molecular formula is C9H10ClNO2. The Morgan fingerprint density at radius 3 is 2.69 bits per heavy atom. The van der Waals surface area contributed by atoms with Crippen molar-refractivity contribution in [1.82, 2.24) is 0 Å². The number of anilines is 1. The molecule has 1 aromatic rings. The SMILES string of the molecule is COc1ccc(NC(=O)Cl)cc1C. The number of carbonyl (C=O) groups is 1. The minimum Gasteiger partial charge on any atom is -0.496 e. The summed E-state index contributed by atoms with van der Waals surface area (Å²) in [4.78, 5) is 10.5. The zero-order valence-corrected chi connectivity index (χ0v) is 8.18. The molecule has 1 aromatic carbocycles. The number of aryl methyl sites for hydroxylation is 1. The molecule has 70 valence electrons. The summed E-state index contributed by atoms with van der Waals surface area (Å²) in [6, 6.07) is 5.29. The van der Waals surface area contributed by atoms with Gasteiger partial charge in [-0.2, -0.15) is 0 Å². The molecule has 0 aliphatic rings. The van der Waals surface area contributed by atoms with Crippen molar-refractivity contribution in [1.29, 1.82) is 0 Å². The maximum Gasteiger partial charge on any atom is 0.318 e. The van der Waals surface area contributed by atoms with E-state index in [9.17, 15) is 4.79 Å². The summed E-state index contributed by atoms with van der Waals surface area (Å²) in [6.45, 7) is 1.89. The maximum atomic E-state index is 10.5. The molecule has 1 rings (SSSR count). The summed E-state index contributed by atoms with van der Waals surface area (Å²) in [6.07, 6.45) is 0. The summed E-state index contributed by atoms with van der Waals surface area (Å²) in [7, 11) is 1.60. The van der Waals surface area contributed by atoms with Gasteiger partial charge >= 0.3 is 5.37 Å². The molecule has 0 fully saturated rings. The van der Waals surface area contributed by atoms with Crippen molar-refractivity contribution in [2.24, 2.45) is 0 Å². The molecule has 13 heavy (non-hydrogen) atoms. The van der Waals surface area contributed by atoms with E-state index in [2.05, 4.69) is 5.32 Å². The standard InChI is InChI=1S/C9H10ClNO2/c1-6-5-7(11-9(10)12)3-4-8(6)13-2/h3-5H,1-2H3,(H,11,12). The largest absolute Gasteiger partial charge is 0.496 e. The Morgan fingerprint density at radius 2 is 2.23 bits per heavy atom. The van der Waals surface area contributed by atoms with Gasteiger partial charge in [-0.25, -0.2) is 0 Å². The number of hydrogen-bond donors (Lipinski definition) is 1. The van der Waals surface area contributed by atoms with Crippen LogP contribution in [-0.4, -0.2) is 12.5 Å². The van der Waals surface area contributed by atoms with Crippen LogP contribution in [-0.2, 0) is 0 Å². The Bertz CT molecular complexity index is 325. The highest BCUT2D eigenvalue weighted by atomic mass is 35.5. The second kappa shape index (κ2) is 4.14. The van der Waals surface area contributed by atoms with Crippen molar-refractivity contribution in [3.05, 3.63) is 23.8 Å². The molecule has 0 saturated heterocycles. The Kier molecular flexibility index (Phi) is 3.14. The van der Waals surface area contributed by atoms with Gasteiger partial charge in [0, 0.05) is 5.69 Å². The van der Waals surface area contributed by atoms with E-state index in [1.165, 1.54) is 0 Å². The summed E-state index contributed by atoms with van der Waals surface area (Å²) in [5.41, 5.74) is 1.61. The van der Waals surface area contributed by atoms with Gasteiger partial charge in [0.05, 0.1) is 7.11 Å². The van der Waals surface area contributed by atoms with Crippen LogP contribution in [0.2, 0.25) is 0 Å². The van der Waals surface area contributed by atoms with E-state index in [0.717, 1.165) is 11.3 Å². The van der Waals surface area contributed by atoms with Gasteiger partial charge in [-0.3, -0.25) is 4.79 Å². The number of nitrogens with one attached hydrogen (secondary N) is 1. The van der Waals surface area contributed by atoms with Crippen molar-refractivity contribution < 1.29 is 9.53 Å². The molecule has 0 spiro atoms. The third-order valence-electron chi connectivity index (χ3n) is 1.64. The number of halogens is 1. The minimum absolute atomic E-state index is 0.593. The number of carbonyl (C=O) groups excluding carboxylic acids is 1. The van der Waals surface area contributed by atoms with Crippen LogP contribution in [0.15, 0.2) is 18.2 Å². The molecule has 1 amide bonds. The number of amides is 1. The summed E-state index contributed by atoms with van der Waals surface area (Å²) >= 11 is 5.16. The number of rotatable bonds is 2. The lowest BCUT2D eigenvalue weighted by atomic mass is 10.2. The van der Waals surface area contributed by atoms with Gasteiger partial charge in [-0.15, -0.1) is 0 Å². The maximum absolute atomic E-state index is 10.5. The average molecular weight is 200 g/mol. The lowest BCUT2D eigenvalue weighted by Gasteiger charge is -2.06. The monoisotopic (exact) mass is 199 g/mol. The molecule has 1 N–H and O–H groups in total. The predicted octanol–water partition coefficient (Wildman–Crippen LogP) is 2.77. The third kappa shape index (κ3) is 2.63. The Balaban J connectivity index is 2.89. The summed E-state index contributed by atoms with van der Waals surface area (Å²) in [5, 5.41) is 1.87. The van der Waals surface area contributed by atoms with Crippen LogP contribution in [0.5, 0.6) is 5.75 Å². The van der Waals surface area contributed by atoms with E-state index < -0.39 is 5.37 Å². The lowest BCUT2D eigenvalue weighted by molar-refractivity contribution is 0.269. The summed E-state index contributed by atoms with van der Waals surface area (Å²) < 4.78 is 5.06. The van der Waals surface area contributed by atoms with Crippen LogP contribution in [0, 0.1) is 6.92 Å². The van der Waals surface area contributed by atoms with E-state index in [0.29, 0.717) is 5.69 Å². The molecule has 0 aliphatic carbocycles. The van der Waals surface area contributed by atoms with Gasteiger partial charge in [0.25, 0.3) is 0 Å². The van der Waals surface area contributed by atoms with E-state index in [1.807, 2.05) is 6.92 Å². The second-order valence-corrected chi connectivity index (χ2v) is 2.93. The lowest BCUT2D eigenvalue weighted by Crippen LogP contribution is -2.01. The highest BCUT2D eigenvalue weighted by molar-refractivity contribution is 6.65. The quantitative estimate of drug-likeness (QED) is 0.588. The molecule has 0 saturated carbocycles. The van der Waals surface area contributed by atoms with Crippen LogP contribution in [0.3, 0.4) is 0 Å². The van der Waals surface area contributed by atoms with E-state index >= 15 is 0 Å². The van der Waals surface area contributed by atoms with Crippen molar-refractivity contribution in [2.75, 3.05) is 12.4 Å². The smallest absolute Gasteiger partial charge is 0.318 e. The van der Waals surface area contributed by atoms with Gasteiger partial charge in [0.15, 0.2) is 0 Å². The highest BCUT2D eigenvalue weighted by Gasteiger charge is 2.01. The first-order valence-electron chi connectivity index (χ1n) is 3.74. The van der Waals surface area contributed by atoms with E-state index in [4.69, 9.17) is 16.3 Å². The fourth-order valence-electron chi connectivity index (χ4n) is 1.07. The molecule has 0 bridgehead atoms. The Labute approximate surface area is 81.7 Å². The third-order valence-corrected chi connectivity index (χ3v) is 1.73. The molecule has 0 radical (unpaired) electrons. The molecule has 0 unspecified atom stereocenters. The number of ether oxygens (including phenoxy) is 1. The first-order chi connectivity index (χ1) is 6.13. The predicted molar refractivity (Wildman–Crippen MR) is 52.6 cm³/mol. The zero-order valence-electron chi connectivity index (χ0n) is 7.43. The van der Waals surface area contributed by atoms with Crippen molar-refractivity contribution in [3.63, 3.8) is 0 Å². The molecule has 0 heterocycles. The molecular weight excluding hydrogens is 190 g/mol. The average Bonchev–Trinajstić information content (AvgIpc) is 2.03. The van der Waals surface area contributed by atoms with Gasteiger partial charge in [-0.05, 0) is 42.3 Å². The van der Waals surface area contributed by atoms with Gasteiger partial charge in [0.1, 0.15) is 5.75 Å². The minimum atomic E-state index is -0.593. The fourth-order valence-corrected chi connectivity index (χ4v) is 1.18. The Morgan fingerprint density at radius 1 is 1.54 bits per heavy atom. The second-order valence-electron chi connectivity index (χ2n) is 2.58. The molecule has 3 nitrogen and oxygen atoms in total. The van der Waals surface area contributed by atoms with Crippen LogP contribution < -0.4 is 10.1 Å². The first kappa shape index (κ1) is 9.86. The van der Waals surface area contributed by atoms with Gasteiger partial charge < -0.3 is 10.1 Å². The van der Waals surface area contributed by atoms with Gasteiger partial charge in [0.2, 0.25) is 0 Å².